The van der Waals surface area contributed by atoms with Crippen molar-refractivity contribution >= 4 is 5.91 Å². The van der Waals surface area contributed by atoms with E-state index in [4.69, 9.17) is 5.73 Å². The summed E-state index contributed by atoms with van der Waals surface area (Å²) in [5, 5.41) is 3.09. The number of nitrogens with two attached hydrogens (primary N) is 1. The Morgan fingerprint density at radius 1 is 1.32 bits per heavy atom. The maximum atomic E-state index is 12.2. The number of hydrogen-bond donors (Lipinski definition) is 2. The van der Waals surface area contributed by atoms with Crippen molar-refractivity contribution in [2.75, 3.05) is 6.54 Å². The van der Waals surface area contributed by atoms with Crippen LogP contribution in [0.3, 0.4) is 0 Å². The largest absolute Gasteiger partial charge is 0.352 e. The first kappa shape index (κ1) is 14.1. The Morgan fingerprint density at radius 3 is 2.74 bits per heavy atom. The van der Waals surface area contributed by atoms with Crippen molar-refractivity contribution in [3.63, 3.8) is 0 Å². The van der Waals surface area contributed by atoms with Crippen molar-refractivity contribution in [1.82, 2.24) is 5.32 Å². The summed E-state index contributed by atoms with van der Waals surface area (Å²) in [5.41, 5.74) is 8.27. The summed E-state index contributed by atoms with van der Waals surface area (Å²) in [5.74, 6) is 0.680. The number of carbonyl (C=O) groups excluding carboxylic acids is 1. The van der Waals surface area contributed by atoms with Gasteiger partial charge < -0.3 is 11.1 Å². The zero-order valence-electron chi connectivity index (χ0n) is 11.7. The number of hydrogen-bond acceptors (Lipinski definition) is 2. The first-order chi connectivity index (χ1) is 9.26. The second-order valence-electron chi connectivity index (χ2n) is 5.37. The van der Waals surface area contributed by atoms with Crippen molar-refractivity contribution in [3.05, 3.63) is 35.4 Å². The molecule has 1 aliphatic carbocycles. The molecule has 0 spiro atoms. The molecule has 1 aromatic carbocycles. The summed E-state index contributed by atoms with van der Waals surface area (Å²) in [6, 6.07) is 8.29. The van der Waals surface area contributed by atoms with Gasteiger partial charge in [0.2, 0.25) is 5.91 Å². The molecular formula is C16H24N2O. The lowest BCUT2D eigenvalue weighted by molar-refractivity contribution is -0.126. The second kappa shape index (κ2) is 6.71. The van der Waals surface area contributed by atoms with Crippen LogP contribution in [0.25, 0.3) is 0 Å². The van der Waals surface area contributed by atoms with E-state index in [2.05, 4.69) is 24.4 Å². The Balaban J connectivity index is 1.93. The molecule has 3 nitrogen and oxygen atoms in total. The Kier molecular flexibility index (Phi) is 4.97. The molecule has 0 saturated heterocycles. The molecule has 0 aromatic heterocycles. The predicted octanol–water partition coefficient (Wildman–Crippen LogP) is 2.24. The molecule has 1 amide bonds. The van der Waals surface area contributed by atoms with Crippen molar-refractivity contribution in [1.29, 1.82) is 0 Å². The molecule has 0 radical (unpaired) electrons. The maximum Gasteiger partial charge on any atom is 0.223 e. The van der Waals surface area contributed by atoms with Crippen LogP contribution in [0.4, 0.5) is 0 Å². The molecule has 3 N–H and O–H groups in total. The van der Waals surface area contributed by atoms with E-state index in [1.807, 2.05) is 12.1 Å². The monoisotopic (exact) mass is 260 g/mol. The van der Waals surface area contributed by atoms with E-state index >= 15 is 0 Å². The van der Waals surface area contributed by atoms with Gasteiger partial charge in [0.1, 0.15) is 0 Å². The van der Waals surface area contributed by atoms with E-state index in [0.717, 1.165) is 25.7 Å². The SMILES string of the molecule is CCc1ccccc1CNC(=O)[C@@H]1CCC[C@@H]1CN. The first-order valence-corrected chi connectivity index (χ1v) is 7.30. The summed E-state index contributed by atoms with van der Waals surface area (Å²) in [4.78, 5) is 12.2. The molecule has 0 unspecified atom stereocenters. The lowest BCUT2D eigenvalue weighted by atomic mass is 9.95. The fourth-order valence-corrected chi connectivity index (χ4v) is 3.05. The van der Waals surface area contributed by atoms with Crippen molar-refractivity contribution in [2.24, 2.45) is 17.6 Å². The first-order valence-electron chi connectivity index (χ1n) is 7.30. The maximum absolute atomic E-state index is 12.2. The zero-order chi connectivity index (χ0) is 13.7. The molecule has 3 heteroatoms. The fourth-order valence-electron chi connectivity index (χ4n) is 3.05. The van der Waals surface area contributed by atoms with Crippen LogP contribution >= 0.6 is 0 Å². The highest BCUT2D eigenvalue weighted by atomic mass is 16.1. The van der Waals surface area contributed by atoms with Crippen molar-refractivity contribution in [2.45, 2.75) is 39.2 Å². The third-order valence-corrected chi connectivity index (χ3v) is 4.25. The zero-order valence-corrected chi connectivity index (χ0v) is 11.7. The number of aryl methyl sites for hydroxylation is 1. The standard InChI is InChI=1S/C16H24N2O/c1-2-12-6-3-4-7-14(12)11-18-16(19)15-9-5-8-13(15)10-17/h3-4,6-7,13,15H,2,5,8-11,17H2,1H3,(H,18,19)/t13-,15-/m1/s1. The van der Waals surface area contributed by atoms with Crippen LogP contribution in [0, 0.1) is 11.8 Å². The minimum absolute atomic E-state index is 0.124. The summed E-state index contributed by atoms with van der Waals surface area (Å²) >= 11 is 0. The molecule has 0 heterocycles. The van der Waals surface area contributed by atoms with Gasteiger partial charge in [-0.2, -0.15) is 0 Å². The molecule has 19 heavy (non-hydrogen) atoms. The van der Waals surface area contributed by atoms with Crippen LogP contribution in [0.5, 0.6) is 0 Å². The quantitative estimate of drug-likeness (QED) is 0.853. The highest BCUT2D eigenvalue weighted by molar-refractivity contribution is 5.79. The van der Waals surface area contributed by atoms with E-state index in [1.165, 1.54) is 11.1 Å². The average molecular weight is 260 g/mol. The third-order valence-electron chi connectivity index (χ3n) is 4.25. The van der Waals surface area contributed by atoms with Gasteiger partial charge in [-0.25, -0.2) is 0 Å². The molecule has 1 aliphatic rings. The molecule has 1 saturated carbocycles. The average Bonchev–Trinajstić information content (AvgIpc) is 2.93. The van der Waals surface area contributed by atoms with Crippen LogP contribution in [0.1, 0.15) is 37.3 Å². The topological polar surface area (TPSA) is 55.1 Å². The molecule has 2 atom stereocenters. The lowest BCUT2D eigenvalue weighted by Gasteiger charge is -2.18. The van der Waals surface area contributed by atoms with E-state index in [0.29, 0.717) is 19.0 Å². The second-order valence-corrected chi connectivity index (χ2v) is 5.37. The summed E-state index contributed by atoms with van der Waals surface area (Å²) in [7, 11) is 0. The molecule has 1 fully saturated rings. The summed E-state index contributed by atoms with van der Waals surface area (Å²) in [6.07, 6.45) is 4.22. The van der Waals surface area contributed by atoms with Crippen molar-refractivity contribution in [3.8, 4) is 0 Å². The van der Waals surface area contributed by atoms with Crippen LogP contribution in [-0.4, -0.2) is 12.5 Å². The van der Waals surface area contributed by atoms with Gasteiger partial charge in [0.25, 0.3) is 0 Å². The molecular weight excluding hydrogens is 236 g/mol. The Morgan fingerprint density at radius 2 is 2.05 bits per heavy atom. The highest BCUT2D eigenvalue weighted by Crippen LogP contribution is 2.31. The van der Waals surface area contributed by atoms with Gasteiger partial charge in [-0.1, -0.05) is 37.6 Å². The van der Waals surface area contributed by atoms with Crippen molar-refractivity contribution < 1.29 is 4.79 Å². The molecule has 0 aliphatic heterocycles. The fraction of sp³-hybridized carbons (Fsp3) is 0.562. The predicted molar refractivity (Wildman–Crippen MR) is 77.6 cm³/mol. The number of carbonyl (C=O) groups is 1. The minimum atomic E-state index is 0.124. The van der Waals surface area contributed by atoms with Gasteiger partial charge in [-0.15, -0.1) is 0 Å². The van der Waals surface area contributed by atoms with E-state index in [1.54, 1.807) is 0 Å². The third kappa shape index (κ3) is 3.35. The molecule has 1 aromatic rings. The lowest BCUT2D eigenvalue weighted by Crippen LogP contribution is -2.34. The van der Waals surface area contributed by atoms with E-state index < -0.39 is 0 Å². The summed E-state index contributed by atoms with van der Waals surface area (Å²) in [6.45, 7) is 3.41. The van der Waals surface area contributed by atoms with Gasteiger partial charge in [0.15, 0.2) is 0 Å². The Bertz CT molecular complexity index is 431. The smallest absolute Gasteiger partial charge is 0.223 e. The van der Waals surface area contributed by atoms with Gasteiger partial charge >= 0.3 is 0 Å². The van der Waals surface area contributed by atoms with E-state index in [9.17, 15) is 4.79 Å². The Labute approximate surface area is 115 Å². The van der Waals surface area contributed by atoms with Crippen LogP contribution in [0.2, 0.25) is 0 Å². The number of nitrogens with one attached hydrogen (secondary N) is 1. The molecule has 104 valence electrons. The van der Waals surface area contributed by atoms with Crippen LogP contribution in [-0.2, 0) is 17.8 Å². The van der Waals surface area contributed by atoms with Gasteiger partial charge in [-0.3, -0.25) is 4.79 Å². The molecule has 0 bridgehead atoms. The van der Waals surface area contributed by atoms with Crippen LogP contribution < -0.4 is 11.1 Å². The van der Waals surface area contributed by atoms with Crippen LogP contribution in [0.15, 0.2) is 24.3 Å². The number of benzene rings is 1. The number of amides is 1. The summed E-state index contributed by atoms with van der Waals surface area (Å²) < 4.78 is 0. The van der Waals surface area contributed by atoms with Gasteiger partial charge in [0, 0.05) is 12.5 Å². The highest BCUT2D eigenvalue weighted by Gasteiger charge is 2.31. The Hall–Kier alpha value is -1.35. The number of rotatable bonds is 5. The molecule has 2 rings (SSSR count). The normalized spacial score (nSPS) is 22.4. The van der Waals surface area contributed by atoms with Gasteiger partial charge in [0.05, 0.1) is 0 Å². The van der Waals surface area contributed by atoms with E-state index in [-0.39, 0.29) is 11.8 Å². The minimum Gasteiger partial charge on any atom is -0.352 e. The van der Waals surface area contributed by atoms with Gasteiger partial charge in [-0.05, 0) is 42.9 Å².